The monoisotopic (exact) mass is 239 g/mol. The molecule has 0 radical (unpaired) electrons. The molecule has 1 N–H and O–H groups in total. The smallest absolute Gasteiger partial charge is 0.163 e. The van der Waals surface area contributed by atoms with Crippen LogP contribution in [-0.2, 0) is 0 Å². The van der Waals surface area contributed by atoms with Crippen LogP contribution in [0.3, 0.4) is 0 Å². The fourth-order valence-corrected chi connectivity index (χ4v) is 1.74. The van der Waals surface area contributed by atoms with Crippen molar-refractivity contribution in [2.75, 3.05) is 30.8 Å². The van der Waals surface area contributed by atoms with Crippen molar-refractivity contribution >= 4 is 18.3 Å². The van der Waals surface area contributed by atoms with Crippen LogP contribution in [0.5, 0.6) is 11.5 Å². The molecule has 2 rings (SSSR count). The molecule has 0 aliphatic carbocycles. The number of ether oxygens (including phenoxy) is 2. The Kier molecular flexibility index (Phi) is 4.22. The second-order valence-corrected chi connectivity index (χ2v) is 4.16. The second kappa shape index (κ2) is 5.89. The van der Waals surface area contributed by atoms with Crippen molar-refractivity contribution in [3.05, 3.63) is 18.2 Å². The second-order valence-electron chi connectivity index (χ2n) is 3.72. The first-order chi connectivity index (χ1) is 7.90. The molecule has 0 saturated heterocycles. The van der Waals surface area contributed by atoms with Gasteiger partial charge in [-0.2, -0.15) is 12.6 Å². The van der Waals surface area contributed by atoms with Gasteiger partial charge in [-0.25, -0.2) is 0 Å². The molecule has 3 nitrogen and oxygen atoms in total. The predicted octanol–water partition coefficient (Wildman–Crippen LogP) is 2.58. The summed E-state index contributed by atoms with van der Waals surface area (Å²) in [5.41, 5.74) is 1.08. The van der Waals surface area contributed by atoms with E-state index in [1.165, 1.54) is 0 Å². The van der Waals surface area contributed by atoms with Gasteiger partial charge in [-0.3, -0.25) is 0 Å². The molecular weight excluding hydrogens is 222 g/mol. The van der Waals surface area contributed by atoms with Crippen LogP contribution in [0.4, 0.5) is 5.69 Å². The molecule has 0 aromatic heterocycles. The largest absolute Gasteiger partial charge is 0.490 e. The highest BCUT2D eigenvalue weighted by atomic mass is 32.1. The van der Waals surface area contributed by atoms with E-state index in [2.05, 4.69) is 17.9 Å². The van der Waals surface area contributed by atoms with Gasteiger partial charge in [-0.15, -0.1) is 0 Å². The first-order valence-corrected chi connectivity index (χ1v) is 6.28. The fourth-order valence-electron chi connectivity index (χ4n) is 1.59. The minimum atomic E-state index is 0.729. The Bertz CT molecular complexity index is 344. The summed E-state index contributed by atoms with van der Waals surface area (Å²) in [7, 11) is 0. The SMILES string of the molecule is SCCCNc1ccc2c(c1)OCCCO2. The van der Waals surface area contributed by atoms with Crippen molar-refractivity contribution in [3.63, 3.8) is 0 Å². The number of nitrogens with one attached hydrogen (secondary N) is 1. The summed E-state index contributed by atoms with van der Waals surface area (Å²) < 4.78 is 11.2. The third kappa shape index (κ3) is 2.98. The summed E-state index contributed by atoms with van der Waals surface area (Å²) in [4.78, 5) is 0. The Morgan fingerprint density at radius 2 is 2.00 bits per heavy atom. The number of rotatable bonds is 4. The Morgan fingerprint density at radius 3 is 2.81 bits per heavy atom. The minimum absolute atomic E-state index is 0.729. The van der Waals surface area contributed by atoms with Gasteiger partial charge < -0.3 is 14.8 Å². The van der Waals surface area contributed by atoms with Gasteiger partial charge in [0.15, 0.2) is 11.5 Å². The van der Waals surface area contributed by atoms with Crippen molar-refractivity contribution in [2.45, 2.75) is 12.8 Å². The highest BCUT2D eigenvalue weighted by Crippen LogP contribution is 2.32. The third-order valence-corrected chi connectivity index (χ3v) is 2.73. The molecule has 0 amide bonds. The molecule has 16 heavy (non-hydrogen) atoms. The molecule has 1 aliphatic rings. The van der Waals surface area contributed by atoms with Gasteiger partial charge in [-0.1, -0.05) is 0 Å². The standard InChI is InChI=1S/C12H17NO2S/c16-8-1-5-13-10-3-4-11-12(9-10)15-7-2-6-14-11/h3-4,9,13,16H,1-2,5-8H2. The number of benzene rings is 1. The van der Waals surface area contributed by atoms with Gasteiger partial charge in [0.25, 0.3) is 0 Å². The molecule has 0 unspecified atom stereocenters. The molecule has 0 bridgehead atoms. The Balaban J connectivity index is 2.02. The van der Waals surface area contributed by atoms with Crippen LogP contribution in [0.25, 0.3) is 0 Å². The molecule has 1 aromatic carbocycles. The Labute approximate surface area is 102 Å². The van der Waals surface area contributed by atoms with E-state index in [9.17, 15) is 0 Å². The fraction of sp³-hybridized carbons (Fsp3) is 0.500. The molecule has 1 aromatic rings. The third-order valence-electron chi connectivity index (χ3n) is 2.41. The van der Waals surface area contributed by atoms with E-state index < -0.39 is 0 Å². The number of hydrogen-bond donors (Lipinski definition) is 2. The van der Waals surface area contributed by atoms with Gasteiger partial charge in [0.1, 0.15) is 0 Å². The lowest BCUT2D eigenvalue weighted by atomic mass is 10.2. The maximum atomic E-state index is 5.62. The van der Waals surface area contributed by atoms with Crippen LogP contribution in [-0.4, -0.2) is 25.5 Å². The predicted molar refractivity (Wildman–Crippen MR) is 69.0 cm³/mol. The molecule has 88 valence electrons. The molecule has 0 saturated carbocycles. The van der Waals surface area contributed by atoms with E-state index in [0.717, 1.165) is 55.5 Å². The Hall–Kier alpha value is -1.03. The lowest BCUT2D eigenvalue weighted by Crippen LogP contribution is -2.02. The maximum Gasteiger partial charge on any atom is 0.163 e. The lowest BCUT2D eigenvalue weighted by molar-refractivity contribution is 0.297. The first-order valence-electron chi connectivity index (χ1n) is 5.64. The molecule has 4 heteroatoms. The van der Waals surface area contributed by atoms with E-state index in [0.29, 0.717) is 0 Å². The average Bonchev–Trinajstić information content (AvgIpc) is 2.54. The van der Waals surface area contributed by atoms with Crippen molar-refractivity contribution in [2.24, 2.45) is 0 Å². The number of hydrogen-bond acceptors (Lipinski definition) is 4. The van der Waals surface area contributed by atoms with Crippen molar-refractivity contribution in [1.82, 2.24) is 0 Å². The zero-order chi connectivity index (χ0) is 11.2. The zero-order valence-electron chi connectivity index (χ0n) is 9.24. The van der Waals surface area contributed by atoms with Gasteiger partial charge >= 0.3 is 0 Å². The van der Waals surface area contributed by atoms with Gasteiger partial charge in [0.2, 0.25) is 0 Å². The molecule has 1 aliphatic heterocycles. The summed E-state index contributed by atoms with van der Waals surface area (Å²) >= 11 is 4.18. The van der Waals surface area contributed by atoms with E-state index in [-0.39, 0.29) is 0 Å². The molecule has 0 spiro atoms. The lowest BCUT2D eigenvalue weighted by Gasteiger charge is -2.10. The Morgan fingerprint density at radius 1 is 1.19 bits per heavy atom. The maximum absolute atomic E-state index is 5.62. The summed E-state index contributed by atoms with van der Waals surface area (Å²) in [5.74, 6) is 2.59. The molecule has 0 atom stereocenters. The van der Waals surface area contributed by atoms with Gasteiger partial charge in [0.05, 0.1) is 13.2 Å². The summed E-state index contributed by atoms with van der Waals surface area (Å²) in [6, 6.07) is 5.98. The van der Waals surface area contributed by atoms with Crippen LogP contribution in [0.15, 0.2) is 18.2 Å². The topological polar surface area (TPSA) is 30.5 Å². The van der Waals surface area contributed by atoms with E-state index in [4.69, 9.17) is 9.47 Å². The van der Waals surface area contributed by atoms with Crippen LogP contribution in [0.1, 0.15) is 12.8 Å². The van der Waals surface area contributed by atoms with Crippen LogP contribution in [0.2, 0.25) is 0 Å². The highest BCUT2D eigenvalue weighted by molar-refractivity contribution is 7.80. The average molecular weight is 239 g/mol. The van der Waals surface area contributed by atoms with Crippen molar-refractivity contribution in [3.8, 4) is 11.5 Å². The highest BCUT2D eigenvalue weighted by Gasteiger charge is 2.10. The number of anilines is 1. The molecular formula is C12H17NO2S. The van der Waals surface area contributed by atoms with Crippen molar-refractivity contribution < 1.29 is 9.47 Å². The van der Waals surface area contributed by atoms with Crippen molar-refractivity contribution in [1.29, 1.82) is 0 Å². The van der Waals surface area contributed by atoms with Crippen LogP contribution in [0, 0.1) is 0 Å². The number of thiol groups is 1. The summed E-state index contributed by atoms with van der Waals surface area (Å²) in [5, 5.41) is 3.33. The van der Waals surface area contributed by atoms with E-state index in [1.807, 2.05) is 18.2 Å². The zero-order valence-corrected chi connectivity index (χ0v) is 10.1. The summed E-state index contributed by atoms with van der Waals surface area (Å²) in [6.45, 7) is 2.40. The van der Waals surface area contributed by atoms with Crippen LogP contribution >= 0.6 is 12.6 Å². The summed E-state index contributed by atoms with van der Waals surface area (Å²) in [6.07, 6.45) is 1.99. The minimum Gasteiger partial charge on any atom is -0.490 e. The molecule has 1 heterocycles. The van der Waals surface area contributed by atoms with Gasteiger partial charge in [-0.05, 0) is 24.3 Å². The van der Waals surface area contributed by atoms with E-state index in [1.54, 1.807) is 0 Å². The molecule has 0 fully saturated rings. The van der Waals surface area contributed by atoms with Crippen LogP contribution < -0.4 is 14.8 Å². The quantitative estimate of drug-likeness (QED) is 0.625. The van der Waals surface area contributed by atoms with E-state index >= 15 is 0 Å². The first kappa shape index (κ1) is 11.5. The number of fused-ring (bicyclic) bond motifs is 1. The normalized spacial score (nSPS) is 14.3. The van der Waals surface area contributed by atoms with Gasteiger partial charge in [0, 0.05) is 24.7 Å².